The van der Waals surface area contributed by atoms with Gasteiger partial charge in [0.05, 0.1) is 18.0 Å². The van der Waals surface area contributed by atoms with E-state index in [0.717, 1.165) is 11.1 Å². The fourth-order valence-corrected chi connectivity index (χ4v) is 2.50. The van der Waals surface area contributed by atoms with E-state index >= 15 is 0 Å². The molecule has 1 amide bonds. The van der Waals surface area contributed by atoms with Gasteiger partial charge in [0.2, 0.25) is 0 Å². The van der Waals surface area contributed by atoms with Crippen LogP contribution < -0.4 is 10.2 Å². The van der Waals surface area contributed by atoms with Gasteiger partial charge in [0.15, 0.2) is 5.69 Å². The lowest BCUT2D eigenvalue weighted by atomic mass is 10.1. The highest BCUT2D eigenvalue weighted by Gasteiger charge is 2.09. The van der Waals surface area contributed by atoms with Gasteiger partial charge in [-0.05, 0) is 11.6 Å². The Kier molecular flexibility index (Phi) is 5.70. The molecule has 1 aromatic carbocycles. The maximum absolute atomic E-state index is 12.4. The van der Waals surface area contributed by atoms with Crippen LogP contribution >= 0.6 is 0 Å². The normalized spacial score (nSPS) is 10.1. The minimum absolute atomic E-state index is 0.189. The van der Waals surface area contributed by atoms with Gasteiger partial charge in [0.25, 0.3) is 5.91 Å². The molecule has 2 heterocycles. The number of carbonyl (C=O) groups is 1. The van der Waals surface area contributed by atoms with Crippen LogP contribution in [-0.4, -0.2) is 41.0 Å². The number of hydrogen-bond acceptors (Lipinski definition) is 6. The van der Waals surface area contributed by atoms with Crippen LogP contribution in [0, 0.1) is 11.3 Å². The molecule has 3 rings (SSSR count). The molecule has 27 heavy (non-hydrogen) atoms. The molecule has 0 saturated carbocycles. The van der Waals surface area contributed by atoms with Crippen molar-refractivity contribution in [3.8, 4) is 17.2 Å². The highest BCUT2D eigenvalue weighted by Crippen LogP contribution is 2.18. The van der Waals surface area contributed by atoms with Crippen LogP contribution in [0.2, 0.25) is 0 Å². The zero-order valence-electron chi connectivity index (χ0n) is 14.8. The molecule has 0 saturated heterocycles. The minimum Gasteiger partial charge on any atom is -0.357 e. The predicted octanol–water partition coefficient (Wildman–Crippen LogP) is 2.28. The molecule has 0 aliphatic carbocycles. The molecule has 0 aliphatic rings. The van der Waals surface area contributed by atoms with E-state index < -0.39 is 0 Å². The van der Waals surface area contributed by atoms with E-state index in [1.807, 2.05) is 54.4 Å². The van der Waals surface area contributed by atoms with Crippen LogP contribution in [0.25, 0.3) is 11.1 Å². The third-order valence-electron chi connectivity index (χ3n) is 3.97. The maximum Gasteiger partial charge on any atom is 0.252 e. The third kappa shape index (κ3) is 4.64. The summed E-state index contributed by atoms with van der Waals surface area (Å²) >= 11 is 0. The number of carbonyl (C=O) groups excluding carboxylic acids is 1. The largest absolute Gasteiger partial charge is 0.357 e. The average molecular weight is 358 g/mol. The quantitative estimate of drug-likeness (QED) is 0.726. The topological polar surface area (TPSA) is 94.8 Å². The van der Waals surface area contributed by atoms with E-state index in [0.29, 0.717) is 24.5 Å². The number of benzene rings is 1. The summed E-state index contributed by atoms with van der Waals surface area (Å²) in [6.45, 7) is 0.949. The summed E-state index contributed by atoms with van der Waals surface area (Å²) in [5, 5.41) is 11.8. The van der Waals surface area contributed by atoms with E-state index in [9.17, 15) is 4.79 Å². The van der Waals surface area contributed by atoms with E-state index in [2.05, 4.69) is 20.3 Å². The van der Waals surface area contributed by atoms with Crippen molar-refractivity contribution < 1.29 is 4.79 Å². The predicted molar refractivity (Wildman–Crippen MR) is 102 cm³/mol. The number of nitriles is 1. The second kappa shape index (κ2) is 8.54. The Bertz CT molecular complexity index is 967. The highest BCUT2D eigenvalue weighted by atomic mass is 16.1. The first-order valence-corrected chi connectivity index (χ1v) is 8.39. The number of rotatable bonds is 6. The smallest absolute Gasteiger partial charge is 0.252 e. The van der Waals surface area contributed by atoms with Crippen molar-refractivity contribution >= 4 is 11.7 Å². The maximum atomic E-state index is 12.4. The molecule has 7 nitrogen and oxygen atoms in total. The van der Waals surface area contributed by atoms with Gasteiger partial charge >= 0.3 is 0 Å². The highest BCUT2D eigenvalue weighted by molar-refractivity contribution is 5.95. The Morgan fingerprint density at radius 1 is 1.11 bits per heavy atom. The Labute approximate surface area is 157 Å². The lowest BCUT2D eigenvalue weighted by Gasteiger charge is -2.18. The van der Waals surface area contributed by atoms with Crippen molar-refractivity contribution in [3.63, 3.8) is 0 Å². The molecule has 0 fully saturated rings. The molecule has 0 radical (unpaired) electrons. The molecular weight excluding hydrogens is 340 g/mol. The van der Waals surface area contributed by atoms with Gasteiger partial charge in [0.1, 0.15) is 11.9 Å². The van der Waals surface area contributed by atoms with Crippen molar-refractivity contribution in [3.05, 3.63) is 72.4 Å². The van der Waals surface area contributed by atoms with Gasteiger partial charge in [0, 0.05) is 38.1 Å². The van der Waals surface area contributed by atoms with Crippen molar-refractivity contribution in [1.29, 1.82) is 5.26 Å². The molecule has 0 aliphatic heterocycles. The van der Waals surface area contributed by atoms with Crippen LogP contribution in [-0.2, 0) is 0 Å². The van der Waals surface area contributed by atoms with Gasteiger partial charge in [-0.15, -0.1) is 0 Å². The first-order valence-electron chi connectivity index (χ1n) is 8.39. The van der Waals surface area contributed by atoms with Gasteiger partial charge in [-0.3, -0.25) is 14.8 Å². The summed E-state index contributed by atoms with van der Waals surface area (Å²) in [6, 6.07) is 13.6. The van der Waals surface area contributed by atoms with Crippen molar-refractivity contribution in [1.82, 2.24) is 20.3 Å². The van der Waals surface area contributed by atoms with E-state index in [1.165, 1.54) is 6.20 Å². The Morgan fingerprint density at radius 3 is 2.67 bits per heavy atom. The molecule has 134 valence electrons. The zero-order valence-corrected chi connectivity index (χ0v) is 14.8. The lowest BCUT2D eigenvalue weighted by molar-refractivity contribution is 0.0954. The molecule has 2 aromatic heterocycles. The monoisotopic (exact) mass is 358 g/mol. The molecular formula is C20H18N6O. The number of pyridine rings is 1. The first-order chi connectivity index (χ1) is 13.2. The summed E-state index contributed by atoms with van der Waals surface area (Å²) in [5.41, 5.74) is 2.66. The number of aromatic nitrogens is 3. The van der Waals surface area contributed by atoms with Crippen LogP contribution in [0.4, 0.5) is 5.82 Å². The number of nitrogens with one attached hydrogen (secondary N) is 1. The molecule has 0 bridgehead atoms. The Hall–Kier alpha value is -3.79. The van der Waals surface area contributed by atoms with E-state index in [4.69, 9.17) is 5.26 Å². The fraction of sp³-hybridized carbons (Fsp3) is 0.150. The third-order valence-corrected chi connectivity index (χ3v) is 3.97. The molecule has 3 aromatic rings. The average Bonchev–Trinajstić information content (AvgIpc) is 2.74. The van der Waals surface area contributed by atoms with Crippen molar-refractivity contribution in [2.45, 2.75) is 0 Å². The number of nitrogens with zero attached hydrogens (tertiary/aromatic N) is 5. The molecule has 0 spiro atoms. The van der Waals surface area contributed by atoms with Crippen LogP contribution in [0.15, 0.2) is 61.2 Å². The number of amides is 1. The standard InChI is InChI=1S/C20H18N6O/c1-26(19-14-23-13-18(10-21)25-19)8-7-24-20(27)17-9-16(11-22-12-17)15-5-3-2-4-6-15/h2-6,9,11-14H,7-8H2,1H3,(H,24,27). The van der Waals surface area contributed by atoms with Gasteiger partial charge in [-0.1, -0.05) is 30.3 Å². The summed E-state index contributed by atoms with van der Waals surface area (Å²) in [4.78, 5) is 26.6. The van der Waals surface area contributed by atoms with Gasteiger partial charge in [-0.2, -0.15) is 5.26 Å². The second-order valence-corrected chi connectivity index (χ2v) is 5.88. The van der Waals surface area contributed by atoms with Gasteiger partial charge in [-0.25, -0.2) is 4.98 Å². The zero-order chi connectivity index (χ0) is 19.1. The van der Waals surface area contributed by atoms with E-state index in [1.54, 1.807) is 18.6 Å². The van der Waals surface area contributed by atoms with Crippen LogP contribution in [0.1, 0.15) is 16.1 Å². The second-order valence-electron chi connectivity index (χ2n) is 5.88. The first kappa shape index (κ1) is 18.0. The minimum atomic E-state index is -0.189. The Balaban J connectivity index is 1.59. The van der Waals surface area contributed by atoms with Crippen LogP contribution in [0.3, 0.4) is 0 Å². The summed E-state index contributed by atoms with van der Waals surface area (Å²) in [5.74, 6) is 0.390. The summed E-state index contributed by atoms with van der Waals surface area (Å²) < 4.78 is 0. The van der Waals surface area contributed by atoms with Crippen molar-refractivity contribution in [2.24, 2.45) is 0 Å². The molecule has 1 N–H and O–H groups in total. The number of hydrogen-bond donors (Lipinski definition) is 1. The van der Waals surface area contributed by atoms with Gasteiger partial charge < -0.3 is 10.2 Å². The molecule has 0 unspecified atom stereocenters. The number of anilines is 1. The van der Waals surface area contributed by atoms with Crippen molar-refractivity contribution in [2.75, 3.05) is 25.0 Å². The Morgan fingerprint density at radius 2 is 1.89 bits per heavy atom. The summed E-state index contributed by atoms with van der Waals surface area (Å²) in [6.07, 6.45) is 6.27. The number of likely N-dealkylation sites (N-methyl/N-ethyl adjacent to an activating group) is 1. The SMILES string of the molecule is CN(CCNC(=O)c1cncc(-c2ccccc2)c1)c1cncc(C#N)n1. The fourth-order valence-electron chi connectivity index (χ4n) is 2.50. The summed E-state index contributed by atoms with van der Waals surface area (Å²) in [7, 11) is 1.83. The lowest BCUT2D eigenvalue weighted by Crippen LogP contribution is -2.33. The molecule has 7 heteroatoms. The van der Waals surface area contributed by atoms with Crippen LogP contribution in [0.5, 0.6) is 0 Å². The molecule has 0 atom stereocenters. The van der Waals surface area contributed by atoms with E-state index in [-0.39, 0.29) is 11.6 Å².